The molecule has 0 radical (unpaired) electrons. The highest BCUT2D eigenvalue weighted by atomic mass is 16.5. The van der Waals surface area contributed by atoms with Gasteiger partial charge in [-0.25, -0.2) is 4.79 Å². The molecular weight excluding hydrogens is 348 g/mol. The minimum absolute atomic E-state index is 0.00935. The topological polar surface area (TPSA) is 95.9 Å². The van der Waals surface area contributed by atoms with Gasteiger partial charge in [-0.3, -0.25) is 9.59 Å². The molecule has 0 aliphatic heterocycles. The van der Waals surface area contributed by atoms with E-state index in [-0.39, 0.29) is 17.7 Å². The normalized spacial score (nSPS) is 12.9. The summed E-state index contributed by atoms with van der Waals surface area (Å²) >= 11 is 0. The second-order valence-corrected chi connectivity index (χ2v) is 6.38. The lowest BCUT2D eigenvalue weighted by Crippen LogP contribution is -2.26. The molecule has 0 saturated heterocycles. The summed E-state index contributed by atoms with van der Waals surface area (Å²) in [5.74, 6) is -0.790. The van der Waals surface area contributed by atoms with Crippen LogP contribution in [0.25, 0.3) is 0 Å². The molecule has 1 saturated carbocycles. The second-order valence-electron chi connectivity index (χ2n) is 6.38. The Morgan fingerprint density at radius 3 is 2.48 bits per heavy atom. The summed E-state index contributed by atoms with van der Waals surface area (Å²) in [6.45, 7) is -0.423. The van der Waals surface area contributed by atoms with Gasteiger partial charge in [-0.15, -0.1) is 0 Å². The quantitative estimate of drug-likeness (QED) is 0.783. The fourth-order valence-electron chi connectivity index (χ4n) is 2.54. The monoisotopic (exact) mass is 368 g/mol. The molecule has 27 heavy (non-hydrogen) atoms. The first kappa shape index (κ1) is 18.4. The van der Waals surface area contributed by atoms with Gasteiger partial charge in [-0.1, -0.05) is 6.07 Å². The zero-order chi connectivity index (χ0) is 19.4. The van der Waals surface area contributed by atoms with E-state index in [2.05, 4.69) is 5.32 Å². The van der Waals surface area contributed by atoms with Gasteiger partial charge in [0.05, 0.1) is 0 Å². The van der Waals surface area contributed by atoms with Gasteiger partial charge in [-0.2, -0.15) is 0 Å². The van der Waals surface area contributed by atoms with Crippen molar-refractivity contribution in [3.63, 3.8) is 0 Å². The van der Waals surface area contributed by atoms with Gasteiger partial charge in [0.25, 0.3) is 5.91 Å². The molecule has 1 aliphatic rings. The van der Waals surface area contributed by atoms with Crippen LogP contribution in [-0.2, 0) is 9.59 Å². The van der Waals surface area contributed by atoms with Crippen LogP contribution in [0.1, 0.15) is 23.2 Å². The number of carbonyl (C=O) groups is 3. The Bertz CT molecular complexity index is 859. The third kappa shape index (κ3) is 4.84. The van der Waals surface area contributed by atoms with Crippen LogP contribution in [0.2, 0.25) is 0 Å². The van der Waals surface area contributed by atoms with Crippen LogP contribution in [0, 0.1) is 5.92 Å². The maximum atomic E-state index is 12.7. The van der Waals surface area contributed by atoms with Gasteiger partial charge in [0.1, 0.15) is 5.75 Å². The van der Waals surface area contributed by atoms with E-state index in [9.17, 15) is 14.4 Å². The lowest BCUT2D eigenvalue weighted by Gasteiger charge is -2.18. The molecule has 0 bridgehead atoms. The summed E-state index contributed by atoms with van der Waals surface area (Å²) in [5.41, 5.74) is 1.69. The Morgan fingerprint density at radius 1 is 1.15 bits per heavy atom. The number of amides is 2. The molecule has 3 rings (SSSR count). The van der Waals surface area contributed by atoms with Gasteiger partial charge < -0.3 is 20.1 Å². The van der Waals surface area contributed by atoms with Crippen molar-refractivity contribution in [2.24, 2.45) is 5.92 Å². The molecular formula is C20H20N2O5. The molecule has 7 heteroatoms. The van der Waals surface area contributed by atoms with Gasteiger partial charge in [0.2, 0.25) is 5.91 Å². The first-order valence-electron chi connectivity index (χ1n) is 8.57. The van der Waals surface area contributed by atoms with Crippen LogP contribution in [0.15, 0.2) is 48.5 Å². The Morgan fingerprint density at radius 2 is 1.85 bits per heavy atom. The Kier molecular flexibility index (Phi) is 5.40. The number of ether oxygens (including phenoxy) is 1. The highest BCUT2D eigenvalue weighted by Gasteiger charge is 2.29. The molecule has 2 aromatic carbocycles. The summed E-state index contributed by atoms with van der Waals surface area (Å²) < 4.78 is 5.08. The Labute approximate surface area is 156 Å². The van der Waals surface area contributed by atoms with Crippen molar-refractivity contribution in [2.75, 3.05) is 23.9 Å². The van der Waals surface area contributed by atoms with Gasteiger partial charge in [-0.05, 0) is 55.3 Å². The second kappa shape index (κ2) is 7.90. The average Bonchev–Trinajstić information content (AvgIpc) is 3.51. The molecule has 1 fully saturated rings. The molecule has 2 amide bonds. The number of anilines is 2. The Balaban J connectivity index is 1.67. The number of hydrogen-bond donors (Lipinski definition) is 2. The minimum atomic E-state index is -1.06. The van der Waals surface area contributed by atoms with Crippen LogP contribution >= 0.6 is 0 Å². The number of carboxylic acid groups (broad SMARTS) is 1. The fraction of sp³-hybridized carbons (Fsp3) is 0.250. The Hall–Kier alpha value is -3.35. The van der Waals surface area contributed by atoms with E-state index in [0.29, 0.717) is 22.7 Å². The molecule has 0 aromatic heterocycles. The van der Waals surface area contributed by atoms with E-state index in [1.165, 1.54) is 4.90 Å². The minimum Gasteiger partial charge on any atom is -0.482 e. The van der Waals surface area contributed by atoms with E-state index in [0.717, 1.165) is 12.8 Å². The van der Waals surface area contributed by atoms with Crippen molar-refractivity contribution in [1.82, 2.24) is 0 Å². The number of rotatable bonds is 7. The summed E-state index contributed by atoms with van der Waals surface area (Å²) in [5, 5.41) is 11.5. The summed E-state index contributed by atoms with van der Waals surface area (Å²) in [6.07, 6.45) is 1.83. The van der Waals surface area contributed by atoms with Crippen molar-refractivity contribution in [2.45, 2.75) is 12.8 Å². The number of aliphatic carboxylic acids is 1. The number of hydrogen-bond acceptors (Lipinski definition) is 4. The number of carbonyl (C=O) groups excluding carboxylic acids is 2. The van der Waals surface area contributed by atoms with Crippen LogP contribution in [0.4, 0.5) is 11.4 Å². The van der Waals surface area contributed by atoms with Gasteiger partial charge >= 0.3 is 5.97 Å². The maximum Gasteiger partial charge on any atom is 0.341 e. The average molecular weight is 368 g/mol. The van der Waals surface area contributed by atoms with Crippen molar-refractivity contribution in [1.29, 1.82) is 0 Å². The first-order chi connectivity index (χ1) is 12.9. The van der Waals surface area contributed by atoms with Gasteiger partial charge in [0, 0.05) is 29.9 Å². The zero-order valence-corrected chi connectivity index (χ0v) is 14.8. The highest BCUT2D eigenvalue weighted by molar-refractivity contribution is 6.06. The standard InChI is InChI=1S/C20H20N2O5/c1-22(16-7-9-17(10-8-16)27-12-18(23)24)20(26)14-3-2-4-15(11-14)21-19(25)13-5-6-13/h2-4,7-11,13H,5-6,12H2,1H3,(H,21,25)(H,23,24). The molecule has 1 aliphatic carbocycles. The predicted molar refractivity (Wildman–Crippen MR) is 100 cm³/mol. The highest BCUT2D eigenvalue weighted by Crippen LogP contribution is 2.30. The van der Waals surface area contributed by atoms with Gasteiger partial charge in [0.15, 0.2) is 6.61 Å². The molecule has 0 atom stereocenters. The molecule has 7 nitrogen and oxygen atoms in total. The SMILES string of the molecule is CN(C(=O)c1cccc(NC(=O)C2CC2)c1)c1ccc(OCC(=O)O)cc1. The van der Waals surface area contributed by atoms with Crippen LogP contribution in [-0.4, -0.2) is 36.5 Å². The number of carboxylic acids is 1. The molecule has 2 N–H and O–H groups in total. The van der Waals surface area contributed by atoms with E-state index in [4.69, 9.17) is 9.84 Å². The van der Waals surface area contributed by atoms with Crippen molar-refractivity contribution in [3.8, 4) is 5.75 Å². The molecule has 140 valence electrons. The zero-order valence-electron chi connectivity index (χ0n) is 14.8. The van der Waals surface area contributed by atoms with E-state index in [1.54, 1.807) is 55.6 Å². The van der Waals surface area contributed by atoms with Crippen molar-refractivity contribution in [3.05, 3.63) is 54.1 Å². The van der Waals surface area contributed by atoms with Crippen LogP contribution in [0.5, 0.6) is 5.75 Å². The maximum absolute atomic E-state index is 12.7. The molecule has 2 aromatic rings. The summed E-state index contributed by atoms with van der Waals surface area (Å²) in [7, 11) is 1.64. The molecule has 0 spiro atoms. The number of nitrogens with one attached hydrogen (secondary N) is 1. The van der Waals surface area contributed by atoms with Crippen LogP contribution in [0.3, 0.4) is 0 Å². The molecule has 0 heterocycles. The fourth-order valence-corrected chi connectivity index (χ4v) is 2.54. The summed E-state index contributed by atoms with van der Waals surface area (Å²) in [6, 6.07) is 13.4. The van der Waals surface area contributed by atoms with Crippen molar-refractivity contribution >= 4 is 29.2 Å². The lowest BCUT2D eigenvalue weighted by molar-refractivity contribution is -0.139. The lowest BCUT2D eigenvalue weighted by atomic mass is 10.1. The third-order valence-corrected chi connectivity index (χ3v) is 4.22. The number of benzene rings is 2. The third-order valence-electron chi connectivity index (χ3n) is 4.22. The largest absolute Gasteiger partial charge is 0.482 e. The smallest absolute Gasteiger partial charge is 0.341 e. The number of nitrogens with zero attached hydrogens (tertiary/aromatic N) is 1. The van der Waals surface area contributed by atoms with Crippen molar-refractivity contribution < 1.29 is 24.2 Å². The van der Waals surface area contributed by atoms with E-state index < -0.39 is 12.6 Å². The van der Waals surface area contributed by atoms with E-state index in [1.807, 2.05) is 0 Å². The van der Waals surface area contributed by atoms with Crippen LogP contribution < -0.4 is 15.0 Å². The summed E-state index contributed by atoms with van der Waals surface area (Å²) in [4.78, 5) is 36.6. The first-order valence-corrected chi connectivity index (χ1v) is 8.57. The molecule has 0 unspecified atom stereocenters. The predicted octanol–water partition coefficient (Wildman–Crippen LogP) is 2.78. The van der Waals surface area contributed by atoms with E-state index >= 15 is 0 Å².